The van der Waals surface area contributed by atoms with Gasteiger partial charge in [0.1, 0.15) is 12.0 Å². The van der Waals surface area contributed by atoms with Crippen LogP contribution in [-0.2, 0) is 39.6 Å². The van der Waals surface area contributed by atoms with Crippen LogP contribution in [0.2, 0.25) is 0 Å². The second-order valence-corrected chi connectivity index (χ2v) is 19.5. The lowest BCUT2D eigenvalue weighted by molar-refractivity contribution is -0.120. The molecular weight excluding hydrogens is 816 g/mol. The largest absolute Gasteiger partial charge is 0.393 e. The first-order valence-corrected chi connectivity index (χ1v) is 23.5. The van der Waals surface area contributed by atoms with E-state index in [-0.39, 0.29) is 61.2 Å². The number of aliphatic hydroxyl groups is 1. The highest BCUT2D eigenvalue weighted by Crippen LogP contribution is 2.36. The first-order chi connectivity index (χ1) is 29.9. The molecule has 9 rings (SSSR count). The number of nitrogens with zero attached hydrogens (tertiary/aromatic N) is 8. The number of imide groups is 1. The average Bonchev–Trinajstić information content (AvgIpc) is 3.58. The number of hydrogen-bond acceptors (Lipinski definition) is 11. The summed E-state index contributed by atoms with van der Waals surface area (Å²) in [5, 5.41) is 21.4. The van der Waals surface area contributed by atoms with E-state index >= 15 is 4.39 Å². The molecule has 1 saturated carbocycles. The van der Waals surface area contributed by atoms with E-state index in [9.17, 15) is 27.9 Å². The zero-order valence-corrected chi connectivity index (χ0v) is 35.9. The van der Waals surface area contributed by atoms with Crippen molar-refractivity contribution in [2.45, 2.75) is 119 Å². The maximum atomic E-state index is 15.9. The van der Waals surface area contributed by atoms with E-state index in [1.807, 2.05) is 19.2 Å². The molecule has 2 aromatic carbocycles. The lowest BCUT2D eigenvalue weighted by Gasteiger charge is -2.37. The van der Waals surface area contributed by atoms with Crippen LogP contribution in [0.4, 0.5) is 26.8 Å². The van der Waals surface area contributed by atoms with Gasteiger partial charge in [0.15, 0.2) is 5.82 Å². The quantitative estimate of drug-likeness (QED) is 0.211. The second-order valence-electron chi connectivity index (χ2n) is 17.6. The van der Waals surface area contributed by atoms with Crippen molar-refractivity contribution < 1.29 is 32.3 Å². The SMILES string of the molecule is Cn1nc(N2CCC(=O)NC2=O)c2ccc(C3CCN(Cc4cccc(S(=O)(=O)N5CC[C@H](Nc6ncc7c(n6)N([C@@H]6CCC[C@@H](O)C6)C(=O)CCCC7)[C@@H](F)C5)c4)CC3)cc21. The van der Waals surface area contributed by atoms with Crippen LogP contribution in [0.5, 0.6) is 0 Å². The third-order valence-corrected chi connectivity index (χ3v) is 15.3. The number of likely N-dealkylation sites (tertiary alicyclic amines) is 1. The Morgan fingerprint density at radius 2 is 1.74 bits per heavy atom. The predicted octanol–water partition coefficient (Wildman–Crippen LogP) is 4.77. The van der Waals surface area contributed by atoms with Crippen molar-refractivity contribution >= 4 is 56.4 Å². The normalized spacial score (nSPS) is 25.0. The standard InChI is InChI=1S/C44H55FN10O6S/c1-51-38-23-30(12-13-35(38)42(50-51)54-21-17-39(57)48-44(54)59)29-14-18-52(19-15-29)26-28-6-4-10-34(22-28)62(60,61)53-20-16-37(36(45)27-53)47-43-46-25-31-7-2-3-11-40(58)55(41(31)49-43)32-8-5-9-33(56)24-32/h4,6,10,12-13,22-23,25,29,32-33,36-37,56H,2-3,5,7-9,11,14-21,24,26-27H2,1H3,(H,46,47,49)(H,48,57,59)/t32-,33-,36+,37+/m1/s1. The van der Waals surface area contributed by atoms with Crippen molar-refractivity contribution in [3.05, 3.63) is 65.4 Å². The Kier molecular flexibility index (Phi) is 12.0. The summed E-state index contributed by atoms with van der Waals surface area (Å²) in [6.45, 7) is 2.33. The van der Waals surface area contributed by atoms with Crippen LogP contribution < -0.4 is 20.4 Å². The van der Waals surface area contributed by atoms with Gasteiger partial charge in [0.05, 0.1) is 22.6 Å². The maximum Gasteiger partial charge on any atom is 0.329 e. The van der Waals surface area contributed by atoms with Crippen molar-refractivity contribution in [3.63, 3.8) is 0 Å². The van der Waals surface area contributed by atoms with Gasteiger partial charge in [-0.1, -0.05) is 18.2 Å². The molecule has 4 aliphatic heterocycles. The summed E-state index contributed by atoms with van der Waals surface area (Å²) in [5.41, 5.74) is 3.84. The number of benzene rings is 2. The van der Waals surface area contributed by atoms with Crippen LogP contribution in [0.1, 0.15) is 93.2 Å². The summed E-state index contributed by atoms with van der Waals surface area (Å²) in [6.07, 6.45) is 7.52. The monoisotopic (exact) mass is 870 g/mol. The highest BCUT2D eigenvalue weighted by molar-refractivity contribution is 7.89. The van der Waals surface area contributed by atoms with Gasteiger partial charge < -0.3 is 10.4 Å². The molecule has 0 radical (unpaired) electrons. The van der Waals surface area contributed by atoms with Gasteiger partial charge in [-0.05, 0) is 119 Å². The predicted molar refractivity (Wildman–Crippen MR) is 231 cm³/mol. The summed E-state index contributed by atoms with van der Waals surface area (Å²) in [7, 11) is -2.12. The minimum atomic E-state index is -3.98. The van der Waals surface area contributed by atoms with E-state index in [0.717, 1.165) is 80.1 Å². The van der Waals surface area contributed by atoms with Crippen molar-refractivity contribution in [1.82, 2.24) is 34.3 Å². The van der Waals surface area contributed by atoms with Gasteiger partial charge >= 0.3 is 6.03 Å². The fourth-order valence-electron chi connectivity index (χ4n) is 9.97. The summed E-state index contributed by atoms with van der Waals surface area (Å²) in [5.74, 6) is 1.28. The molecule has 5 aliphatic rings. The van der Waals surface area contributed by atoms with Crippen LogP contribution in [-0.4, -0.2) is 117 Å². The molecular formula is C44H55FN10O6S. The summed E-state index contributed by atoms with van der Waals surface area (Å²) < 4.78 is 46.8. The summed E-state index contributed by atoms with van der Waals surface area (Å²) in [6, 6.07) is 11.9. The van der Waals surface area contributed by atoms with Gasteiger partial charge in [-0.15, -0.1) is 0 Å². The number of urea groups is 1. The number of aryl methyl sites for hydroxylation is 2. The Morgan fingerprint density at radius 3 is 2.53 bits per heavy atom. The zero-order valence-electron chi connectivity index (χ0n) is 35.1. The smallest absolute Gasteiger partial charge is 0.329 e. The Morgan fingerprint density at radius 1 is 0.919 bits per heavy atom. The molecule has 62 heavy (non-hydrogen) atoms. The third kappa shape index (κ3) is 8.66. The topological polar surface area (TPSA) is 186 Å². The molecule has 0 unspecified atom stereocenters. The van der Waals surface area contributed by atoms with E-state index in [2.05, 4.69) is 37.7 Å². The van der Waals surface area contributed by atoms with Gasteiger partial charge in [0, 0.05) is 69.3 Å². The van der Waals surface area contributed by atoms with Crippen molar-refractivity contribution in [2.75, 3.05) is 47.8 Å². The number of anilines is 3. The van der Waals surface area contributed by atoms with Crippen LogP contribution in [0.15, 0.2) is 53.6 Å². The molecule has 6 heterocycles. The first-order valence-electron chi connectivity index (χ1n) is 22.1. The van der Waals surface area contributed by atoms with Crippen LogP contribution in [0, 0.1) is 0 Å². The van der Waals surface area contributed by atoms with Crippen LogP contribution in [0.25, 0.3) is 10.9 Å². The molecule has 18 heteroatoms. The number of sulfonamides is 1. The van der Waals surface area contributed by atoms with Gasteiger partial charge in [-0.25, -0.2) is 22.6 Å². The molecule has 1 aliphatic carbocycles. The highest BCUT2D eigenvalue weighted by atomic mass is 32.2. The van der Waals surface area contributed by atoms with E-state index in [0.29, 0.717) is 43.4 Å². The number of carbonyl (C=O) groups excluding carboxylic acids is 3. The van der Waals surface area contributed by atoms with Crippen LogP contribution >= 0.6 is 0 Å². The number of aliphatic hydroxyl groups excluding tert-OH is 1. The molecule has 4 fully saturated rings. The van der Waals surface area contributed by atoms with Crippen LogP contribution in [0.3, 0.4) is 0 Å². The zero-order chi connectivity index (χ0) is 43.1. The molecule has 4 atom stereocenters. The maximum absolute atomic E-state index is 15.9. The number of nitrogens with one attached hydrogen (secondary N) is 2. The molecule has 4 amide bonds. The highest BCUT2D eigenvalue weighted by Gasteiger charge is 2.38. The van der Waals surface area contributed by atoms with E-state index in [1.54, 1.807) is 34.0 Å². The van der Waals surface area contributed by atoms with Gasteiger partial charge in [0.2, 0.25) is 27.8 Å². The molecule has 0 bridgehead atoms. The van der Waals surface area contributed by atoms with Crippen molar-refractivity contribution in [3.8, 4) is 0 Å². The molecule has 2 aromatic heterocycles. The third-order valence-electron chi connectivity index (χ3n) is 13.4. The Labute approximate surface area is 360 Å². The van der Waals surface area contributed by atoms with E-state index < -0.39 is 34.4 Å². The lowest BCUT2D eigenvalue weighted by atomic mass is 9.89. The molecule has 330 valence electrons. The summed E-state index contributed by atoms with van der Waals surface area (Å²) >= 11 is 0. The molecule has 3 saturated heterocycles. The molecule has 0 spiro atoms. The fraction of sp³-hybridized carbons (Fsp3) is 0.545. The first kappa shape index (κ1) is 42.3. The number of carbonyl (C=O) groups is 3. The van der Waals surface area contributed by atoms with Gasteiger partial charge in [-0.2, -0.15) is 14.4 Å². The second kappa shape index (κ2) is 17.6. The number of alkyl halides is 1. The number of piperidine rings is 2. The number of amides is 4. The lowest BCUT2D eigenvalue weighted by Crippen LogP contribution is -2.50. The fourth-order valence-corrected chi connectivity index (χ4v) is 11.5. The molecule has 3 N–H and O–H groups in total. The van der Waals surface area contributed by atoms with Crippen molar-refractivity contribution in [1.29, 1.82) is 0 Å². The van der Waals surface area contributed by atoms with E-state index in [4.69, 9.17) is 4.98 Å². The minimum Gasteiger partial charge on any atom is -0.393 e. The van der Waals surface area contributed by atoms with Crippen molar-refractivity contribution in [2.24, 2.45) is 7.05 Å². The Hall–Kier alpha value is -5.04. The van der Waals surface area contributed by atoms with E-state index in [1.165, 1.54) is 14.8 Å². The summed E-state index contributed by atoms with van der Waals surface area (Å²) in [4.78, 5) is 52.6. The van der Waals surface area contributed by atoms with Gasteiger partial charge in [-0.3, -0.25) is 34.3 Å². The Bertz CT molecular complexity index is 2460. The number of hydrogen-bond donors (Lipinski definition) is 3. The molecule has 4 aromatic rings. The number of rotatable bonds is 9. The number of halogens is 1. The molecule has 16 nitrogen and oxygen atoms in total. The number of fused-ring (bicyclic) bond motifs is 2. The van der Waals surface area contributed by atoms with Gasteiger partial charge in [0.25, 0.3) is 0 Å². The minimum absolute atomic E-state index is 0.0233. The number of aromatic nitrogens is 4. The Balaban J connectivity index is 0.809. The average molecular weight is 871 g/mol.